The van der Waals surface area contributed by atoms with Gasteiger partial charge in [0.25, 0.3) is 5.91 Å². The Hall–Kier alpha value is -2.95. The van der Waals surface area contributed by atoms with Crippen molar-refractivity contribution in [2.75, 3.05) is 36.5 Å². The standard InChI is InChI=1S/C20H23N3O6S/c1-14(29-20(25)15-2-8-18(9-3-15)30(21,26)27)19(24)22-16-4-6-17(7-5-16)23-10-12-28-13-11-23/h2-9,14H,10-13H2,1H3,(H,22,24)(H2,21,26,27). The lowest BCUT2D eigenvalue weighted by Gasteiger charge is -2.28. The summed E-state index contributed by atoms with van der Waals surface area (Å²) in [6.07, 6.45) is -1.05. The van der Waals surface area contributed by atoms with Crippen molar-refractivity contribution in [1.29, 1.82) is 0 Å². The molecule has 3 rings (SSSR count). The van der Waals surface area contributed by atoms with Gasteiger partial charge in [0, 0.05) is 24.5 Å². The molecular weight excluding hydrogens is 410 g/mol. The molecule has 9 nitrogen and oxygen atoms in total. The monoisotopic (exact) mass is 433 g/mol. The highest BCUT2D eigenvalue weighted by molar-refractivity contribution is 7.89. The summed E-state index contributed by atoms with van der Waals surface area (Å²) in [5.74, 6) is -1.23. The van der Waals surface area contributed by atoms with Crippen LogP contribution in [0.25, 0.3) is 0 Å². The highest BCUT2D eigenvalue weighted by Gasteiger charge is 2.20. The highest BCUT2D eigenvalue weighted by Crippen LogP contribution is 2.19. The number of anilines is 2. The van der Waals surface area contributed by atoms with Gasteiger partial charge in [0.1, 0.15) is 0 Å². The fourth-order valence-electron chi connectivity index (χ4n) is 2.88. The van der Waals surface area contributed by atoms with Crippen molar-refractivity contribution in [3.8, 4) is 0 Å². The lowest BCUT2D eigenvalue weighted by Crippen LogP contribution is -2.36. The van der Waals surface area contributed by atoms with Crippen molar-refractivity contribution in [2.45, 2.75) is 17.9 Å². The number of carbonyl (C=O) groups excluding carboxylic acids is 2. The molecule has 2 aromatic carbocycles. The van der Waals surface area contributed by atoms with Crippen molar-refractivity contribution >= 4 is 33.3 Å². The molecule has 1 atom stereocenters. The molecule has 1 unspecified atom stereocenters. The zero-order valence-corrected chi connectivity index (χ0v) is 17.2. The first-order chi connectivity index (χ1) is 14.2. The van der Waals surface area contributed by atoms with Crippen LogP contribution in [0.5, 0.6) is 0 Å². The van der Waals surface area contributed by atoms with Crippen LogP contribution in [-0.2, 0) is 24.3 Å². The first-order valence-corrected chi connectivity index (χ1v) is 10.9. The second-order valence-electron chi connectivity index (χ2n) is 6.75. The van der Waals surface area contributed by atoms with Gasteiger partial charge in [0.2, 0.25) is 10.0 Å². The van der Waals surface area contributed by atoms with Gasteiger partial charge in [-0.2, -0.15) is 0 Å². The lowest BCUT2D eigenvalue weighted by atomic mass is 10.2. The summed E-state index contributed by atoms with van der Waals surface area (Å²) >= 11 is 0. The molecule has 160 valence electrons. The van der Waals surface area contributed by atoms with E-state index in [0.717, 1.165) is 18.8 Å². The molecular formula is C20H23N3O6S. The Labute approximate surface area is 174 Å². The summed E-state index contributed by atoms with van der Waals surface area (Å²) in [6, 6.07) is 12.3. The number of nitrogens with one attached hydrogen (secondary N) is 1. The largest absolute Gasteiger partial charge is 0.449 e. The van der Waals surface area contributed by atoms with E-state index in [1.165, 1.54) is 31.2 Å². The highest BCUT2D eigenvalue weighted by atomic mass is 32.2. The molecule has 1 aliphatic rings. The third kappa shape index (κ3) is 5.56. The number of esters is 1. The molecule has 0 radical (unpaired) electrons. The van der Waals surface area contributed by atoms with E-state index in [1.807, 2.05) is 12.1 Å². The van der Waals surface area contributed by atoms with Gasteiger partial charge in [0.05, 0.1) is 23.7 Å². The molecule has 2 aromatic rings. The van der Waals surface area contributed by atoms with Crippen LogP contribution in [0.3, 0.4) is 0 Å². The van der Waals surface area contributed by atoms with Crippen molar-refractivity contribution in [2.24, 2.45) is 5.14 Å². The number of hydrogen-bond acceptors (Lipinski definition) is 7. The normalized spacial score (nSPS) is 15.3. The van der Waals surface area contributed by atoms with Crippen LogP contribution in [0.1, 0.15) is 17.3 Å². The summed E-state index contributed by atoms with van der Waals surface area (Å²) in [7, 11) is -3.85. The van der Waals surface area contributed by atoms with Gasteiger partial charge in [-0.1, -0.05) is 0 Å². The van der Waals surface area contributed by atoms with Gasteiger partial charge in [-0.25, -0.2) is 18.4 Å². The Bertz CT molecular complexity index is 1000. The molecule has 30 heavy (non-hydrogen) atoms. The number of morpholine rings is 1. The van der Waals surface area contributed by atoms with E-state index in [9.17, 15) is 18.0 Å². The summed E-state index contributed by atoms with van der Waals surface area (Å²) < 4.78 is 33.0. The second-order valence-corrected chi connectivity index (χ2v) is 8.31. The molecule has 0 aromatic heterocycles. The average Bonchev–Trinajstić information content (AvgIpc) is 2.74. The predicted octanol–water partition coefficient (Wildman–Crippen LogP) is 1.35. The molecule has 3 N–H and O–H groups in total. The maximum atomic E-state index is 12.3. The summed E-state index contributed by atoms with van der Waals surface area (Å²) in [5, 5.41) is 7.73. The van der Waals surface area contributed by atoms with E-state index >= 15 is 0 Å². The van der Waals surface area contributed by atoms with Gasteiger partial charge in [-0.15, -0.1) is 0 Å². The molecule has 0 bridgehead atoms. The Morgan fingerprint density at radius 3 is 2.23 bits per heavy atom. The van der Waals surface area contributed by atoms with Crippen LogP contribution >= 0.6 is 0 Å². The first-order valence-electron chi connectivity index (χ1n) is 9.31. The third-order valence-electron chi connectivity index (χ3n) is 4.58. The quantitative estimate of drug-likeness (QED) is 0.658. The SMILES string of the molecule is CC(OC(=O)c1ccc(S(N)(=O)=O)cc1)C(=O)Nc1ccc(N2CCOCC2)cc1. The summed E-state index contributed by atoms with van der Waals surface area (Å²) in [4.78, 5) is 26.6. The van der Waals surface area contributed by atoms with Crippen LogP contribution in [0.2, 0.25) is 0 Å². The Morgan fingerprint density at radius 1 is 1.07 bits per heavy atom. The zero-order valence-electron chi connectivity index (χ0n) is 16.4. The fraction of sp³-hybridized carbons (Fsp3) is 0.300. The van der Waals surface area contributed by atoms with E-state index in [2.05, 4.69) is 10.2 Å². The molecule has 1 heterocycles. The van der Waals surface area contributed by atoms with Crippen molar-refractivity contribution < 1.29 is 27.5 Å². The third-order valence-corrected chi connectivity index (χ3v) is 5.51. The second kappa shape index (κ2) is 9.24. The number of amides is 1. The molecule has 0 saturated carbocycles. The predicted molar refractivity (Wildman–Crippen MR) is 111 cm³/mol. The number of carbonyl (C=O) groups is 2. The zero-order chi connectivity index (χ0) is 21.7. The molecule has 10 heteroatoms. The molecule has 1 fully saturated rings. The number of nitrogens with zero attached hydrogens (tertiary/aromatic N) is 1. The number of rotatable bonds is 6. The van der Waals surface area contributed by atoms with Crippen molar-refractivity contribution in [1.82, 2.24) is 0 Å². The topological polar surface area (TPSA) is 128 Å². The average molecular weight is 433 g/mol. The van der Waals surface area contributed by atoms with Crippen LogP contribution in [-0.4, -0.2) is 52.7 Å². The van der Waals surface area contributed by atoms with E-state index in [4.69, 9.17) is 14.6 Å². The molecule has 1 saturated heterocycles. The fourth-order valence-corrected chi connectivity index (χ4v) is 3.40. The molecule has 0 aliphatic carbocycles. The molecule has 1 amide bonds. The number of sulfonamides is 1. The van der Waals surface area contributed by atoms with Gasteiger partial charge in [-0.05, 0) is 55.5 Å². The van der Waals surface area contributed by atoms with Crippen LogP contribution in [0, 0.1) is 0 Å². The smallest absolute Gasteiger partial charge is 0.338 e. The first kappa shape index (κ1) is 21.8. The van der Waals surface area contributed by atoms with Gasteiger partial charge >= 0.3 is 5.97 Å². The number of ether oxygens (including phenoxy) is 2. The van der Waals surface area contributed by atoms with Crippen LogP contribution < -0.4 is 15.4 Å². The maximum absolute atomic E-state index is 12.3. The number of hydrogen-bond donors (Lipinski definition) is 2. The van der Waals surface area contributed by atoms with Gasteiger partial charge < -0.3 is 19.7 Å². The van der Waals surface area contributed by atoms with E-state index < -0.39 is 28.0 Å². The summed E-state index contributed by atoms with van der Waals surface area (Å²) in [5.41, 5.74) is 1.73. The van der Waals surface area contributed by atoms with Crippen LogP contribution in [0.15, 0.2) is 53.4 Å². The van der Waals surface area contributed by atoms with E-state index in [1.54, 1.807) is 12.1 Å². The van der Waals surface area contributed by atoms with Crippen LogP contribution in [0.4, 0.5) is 11.4 Å². The summed E-state index contributed by atoms with van der Waals surface area (Å²) in [6.45, 7) is 4.46. The Morgan fingerprint density at radius 2 is 1.67 bits per heavy atom. The Kier molecular flexibility index (Phi) is 6.70. The number of primary sulfonamides is 1. The number of nitrogens with two attached hydrogens (primary N) is 1. The van der Waals surface area contributed by atoms with Crippen molar-refractivity contribution in [3.05, 3.63) is 54.1 Å². The minimum absolute atomic E-state index is 0.108. The van der Waals surface area contributed by atoms with Gasteiger partial charge in [-0.3, -0.25) is 4.79 Å². The van der Waals surface area contributed by atoms with Crippen molar-refractivity contribution in [3.63, 3.8) is 0 Å². The van der Waals surface area contributed by atoms with Gasteiger partial charge in [0.15, 0.2) is 6.10 Å². The molecule has 1 aliphatic heterocycles. The minimum atomic E-state index is -3.85. The lowest BCUT2D eigenvalue weighted by molar-refractivity contribution is -0.123. The minimum Gasteiger partial charge on any atom is -0.449 e. The van der Waals surface area contributed by atoms with E-state index in [0.29, 0.717) is 18.9 Å². The Balaban J connectivity index is 1.55. The number of benzene rings is 2. The maximum Gasteiger partial charge on any atom is 0.338 e. The van der Waals surface area contributed by atoms with E-state index in [-0.39, 0.29) is 10.5 Å². The molecule has 0 spiro atoms.